The lowest BCUT2D eigenvalue weighted by Crippen LogP contribution is -2.53. The van der Waals surface area contributed by atoms with Gasteiger partial charge in [-0.15, -0.1) is 0 Å². The summed E-state index contributed by atoms with van der Waals surface area (Å²) in [6, 6.07) is 2.20. The van der Waals surface area contributed by atoms with Crippen molar-refractivity contribution in [3.63, 3.8) is 0 Å². The van der Waals surface area contributed by atoms with Gasteiger partial charge in [0.1, 0.15) is 11.9 Å². The number of hydrogen-bond acceptors (Lipinski definition) is 4. The molecule has 2 aromatic heterocycles. The van der Waals surface area contributed by atoms with Gasteiger partial charge in [0.25, 0.3) is 5.91 Å². The fourth-order valence-electron chi connectivity index (χ4n) is 3.99. The minimum Gasteiger partial charge on any atom is -0.357 e. The first-order valence-corrected chi connectivity index (χ1v) is 9.47. The third-order valence-electron chi connectivity index (χ3n) is 5.56. The number of hydrogen-bond donors (Lipinski definition) is 2. The molecule has 2 aliphatic carbocycles. The van der Waals surface area contributed by atoms with Gasteiger partial charge in [-0.3, -0.25) is 9.59 Å². The maximum Gasteiger partial charge on any atom is 0.272 e. The smallest absolute Gasteiger partial charge is 0.272 e. The maximum atomic E-state index is 13.3. The van der Waals surface area contributed by atoms with Crippen molar-refractivity contribution in [2.45, 2.75) is 45.6 Å². The van der Waals surface area contributed by atoms with E-state index in [1.54, 1.807) is 17.8 Å². The van der Waals surface area contributed by atoms with Crippen molar-refractivity contribution in [3.8, 4) is 5.82 Å². The van der Waals surface area contributed by atoms with E-state index in [-0.39, 0.29) is 11.8 Å². The number of fused-ring (bicyclic) bond motifs is 3. The summed E-state index contributed by atoms with van der Waals surface area (Å²) in [4.78, 5) is 29.5. The Morgan fingerprint density at radius 2 is 2.07 bits per heavy atom. The first kappa shape index (κ1) is 18.6. The van der Waals surface area contributed by atoms with Crippen LogP contribution in [0.1, 0.15) is 54.9 Å². The van der Waals surface area contributed by atoms with Crippen molar-refractivity contribution < 1.29 is 14.0 Å². The van der Waals surface area contributed by atoms with Gasteiger partial charge in [0, 0.05) is 18.5 Å². The van der Waals surface area contributed by atoms with Crippen LogP contribution in [0, 0.1) is 17.2 Å². The largest absolute Gasteiger partial charge is 0.357 e. The summed E-state index contributed by atoms with van der Waals surface area (Å²) in [5.41, 5.74) is 1.77. The van der Waals surface area contributed by atoms with E-state index in [0.29, 0.717) is 23.3 Å². The van der Waals surface area contributed by atoms with E-state index in [2.05, 4.69) is 20.7 Å². The summed E-state index contributed by atoms with van der Waals surface area (Å²) >= 11 is 0. The molecule has 0 aliphatic heterocycles. The zero-order chi connectivity index (χ0) is 20.2. The monoisotopic (exact) mass is 385 g/mol. The molecule has 0 saturated heterocycles. The molecule has 0 radical (unpaired) electrons. The van der Waals surface area contributed by atoms with Gasteiger partial charge in [0.15, 0.2) is 11.5 Å². The Labute approximate surface area is 162 Å². The molecular weight excluding hydrogens is 361 g/mol. The van der Waals surface area contributed by atoms with Crippen molar-refractivity contribution >= 4 is 11.8 Å². The minimum atomic E-state index is -0.689. The summed E-state index contributed by atoms with van der Waals surface area (Å²) in [5, 5.41) is 9.97. The number of amides is 2. The van der Waals surface area contributed by atoms with E-state index in [4.69, 9.17) is 0 Å². The molecule has 1 saturated carbocycles. The summed E-state index contributed by atoms with van der Waals surface area (Å²) in [6.45, 7) is 5.69. The van der Waals surface area contributed by atoms with E-state index in [9.17, 15) is 14.0 Å². The van der Waals surface area contributed by atoms with Crippen molar-refractivity contribution in [1.29, 1.82) is 0 Å². The topological polar surface area (TPSA) is 88.9 Å². The van der Waals surface area contributed by atoms with E-state index in [1.165, 1.54) is 6.07 Å². The van der Waals surface area contributed by atoms with Crippen LogP contribution >= 0.6 is 0 Å². The molecule has 0 unspecified atom stereocenters. The number of likely N-dealkylation sites (N-methyl/N-ethyl adjacent to an activating group) is 1. The van der Waals surface area contributed by atoms with Gasteiger partial charge in [-0.1, -0.05) is 20.8 Å². The van der Waals surface area contributed by atoms with Crippen LogP contribution in [0.25, 0.3) is 5.82 Å². The molecule has 8 heteroatoms. The molecule has 0 spiro atoms. The Hall–Kier alpha value is -2.77. The number of nitrogens with zero attached hydrogens (tertiary/aromatic N) is 3. The second-order valence-corrected chi connectivity index (χ2v) is 8.65. The van der Waals surface area contributed by atoms with Crippen molar-refractivity contribution in [3.05, 3.63) is 41.1 Å². The highest BCUT2D eigenvalue weighted by Gasteiger charge is 2.50. The van der Waals surface area contributed by atoms with Gasteiger partial charge in [-0.2, -0.15) is 5.10 Å². The summed E-state index contributed by atoms with van der Waals surface area (Å²) < 4.78 is 14.9. The molecule has 148 valence electrons. The van der Waals surface area contributed by atoms with Gasteiger partial charge in [0.2, 0.25) is 5.91 Å². The number of halogens is 1. The molecule has 2 aliphatic rings. The Morgan fingerprint density at radius 3 is 2.68 bits per heavy atom. The molecule has 2 N–H and O–H groups in total. The lowest BCUT2D eigenvalue weighted by atomic mass is 9.86. The number of rotatable bonds is 4. The third kappa shape index (κ3) is 3.06. The number of pyridine rings is 1. The van der Waals surface area contributed by atoms with Crippen LogP contribution in [0.3, 0.4) is 0 Å². The Kier molecular flexibility index (Phi) is 4.24. The number of aromatic nitrogens is 3. The van der Waals surface area contributed by atoms with Crippen molar-refractivity contribution in [2.24, 2.45) is 11.3 Å². The summed E-state index contributed by atoms with van der Waals surface area (Å²) in [5.74, 6) is 0.343. The minimum absolute atomic E-state index is 0.250. The first-order chi connectivity index (χ1) is 13.2. The number of nitrogens with one attached hydrogen (secondary N) is 2. The number of carbonyl (C=O) groups excluding carboxylic acids is 2. The highest BCUT2D eigenvalue weighted by Crippen LogP contribution is 2.57. The molecular formula is C20H24FN5O2. The van der Waals surface area contributed by atoms with Crippen LogP contribution in [0.15, 0.2) is 18.3 Å². The fourth-order valence-corrected chi connectivity index (χ4v) is 3.99. The van der Waals surface area contributed by atoms with Crippen LogP contribution in [0.5, 0.6) is 0 Å². The molecule has 28 heavy (non-hydrogen) atoms. The fraction of sp³-hybridized carbons (Fsp3) is 0.500. The lowest BCUT2D eigenvalue weighted by Gasteiger charge is -2.29. The zero-order valence-electron chi connectivity index (χ0n) is 16.4. The molecule has 2 aromatic rings. The predicted molar refractivity (Wildman–Crippen MR) is 101 cm³/mol. The zero-order valence-corrected chi connectivity index (χ0v) is 16.4. The molecule has 0 aromatic carbocycles. The SMILES string of the molecule is CNC(=O)[C@@H](NC(=O)c1nn(-c2ccc(F)cn2)c2c1C[C@H]1C[C@@H]21)C(C)(C)C. The second kappa shape index (κ2) is 6.39. The Balaban J connectivity index is 1.70. The van der Waals surface area contributed by atoms with Crippen molar-refractivity contribution in [1.82, 2.24) is 25.4 Å². The second-order valence-electron chi connectivity index (χ2n) is 8.65. The van der Waals surface area contributed by atoms with Crippen LogP contribution in [-0.4, -0.2) is 39.7 Å². The highest BCUT2D eigenvalue weighted by molar-refractivity contribution is 5.98. The Morgan fingerprint density at radius 1 is 1.32 bits per heavy atom. The molecule has 7 nitrogen and oxygen atoms in total. The quantitative estimate of drug-likeness (QED) is 0.842. The molecule has 1 fully saturated rings. The van der Waals surface area contributed by atoms with Gasteiger partial charge < -0.3 is 10.6 Å². The molecule has 3 atom stereocenters. The van der Waals surface area contributed by atoms with Gasteiger partial charge in [0.05, 0.1) is 11.9 Å². The number of carbonyl (C=O) groups is 2. The van der Waals surface area contributed by atoms with E-state index in [0.717, 1.165) is 30.3 Å². The van der Waals surface area contributed by atoms with E-state index in [1.807, 2.05) is 20.8 Å². The predicted octanol–water partition coefficient (Wildman–Crippen LogP) is 1.96. The normalized spacial score (nSPS) is 20.9. The van der Waals surface area contributed by atoms with Gasteiger partial charge >= 0.3 is 0 Å². The van der Waals surface area contributed by atoms with E-state index >= 15 is 0 Å². The maximum absolute atomic E-state index is 13.3. The van der Waals surface area contributed by atoms with Gasteiger partial charge in [-0.05, 0) is 36.3 Å². The van der Waals surface area contributed by atoms with Gasteiger partial charge in [-0.25, -0.2) is 14.1 Å². The average molecular weight is 385 g/mol. The summed E-state index contributed by atoms with van der Waals surface area (Å²) in [7, 11) is 1.55. The van der Waals surface area contributed by atoms with E-state index < -0.39 is 17.3 Å². The Bertz CT molecular complexity index is 945. The molecule has 4 rings (SSSR count). The third-order valence-corrected chi connectivity index (χ3v) is 5.56. The van der Waals surface area contributed by atoms with Crippen LogP contribution in [-0.2, 0) is 11.2 Å². The molecule has 0 bridgehead atoms. The highest BCUT2D eigenvalue weighted by atomic mass is 19.1. The molecule has 2 amide bonds. The average Bonchev–Trinajstić information content (AvgIpc) is 3.14. The van der Waals surface area contributed by atoms with Crippen LogP contribution in [0.4, 0.5) is 4.39 Å². The van der Waals surface area contributed by atoms with Crippen LogP contribution < -0.4 is 10.6 Å². The first-order valence-electron chi connectivity index (χ1n) is 9.47. The summed E-state index contributed by atoms with van der Waals surface area (Å²) in [6.07, 6.45) is 3.01. The lowest BCUT2D eigenvalue weighted by molar-refractivity contribution is -0.124. The van der Waals surface area contributed by atoms with Crippen LogP contribution in [0.2, 0.25) is 0 Å². The molecule has 2 heterocycles. The standard InChI is InChI=1S/C20H24FN5O2/c1-20(2,3)17(19(28)22-4)24-18(27)15-13-8-10-7-12(10)16(13)26(25-15)14-6-5-11(21)9-23-14/h5-6,9-10,12,17H,7-8H2,1-4H3,(H,22,28)(H,24,27)/t10-,12-,17-/m1/s1. The van der Waals surface area contributed by atoms with Crippen molar-refractivity contribution in [2.75, 3.05) is 7.05 Å².